The van der Waals surface area contributed by atoms with Crippen molar-refractivity contribution < 1.29 is 9.90 Å². The van der Waals surface area contributed by atoms with Crippen LogP contribution >= 0.6 is 0 Å². The third-order valence-electron chi connectivity index (χ3n) is 3.88. The fourth-order valence-corrected chi connectivity index (χ4v) is 2.86. The number of hydrogen-bond acceptors (Lipinski definition) is 4. The molecule has 6 heteroatoms. The maximum Gasteiger partial charge on any atom is 0.308 e. The van der Waals surface area contributed by atoms with E-state index >= 15 is 0 Å². The zero-order chi connectivity index (χ0) is 15.4. The Morgan fingerprint density at radius 1 is 1.48 bits per heavy atom. The monoisotopic (exact) mass is 293 g/mol. The molecule has 2 atom stereocenters. The van der Waals surface area contributed by atoms with Crippen molar-refractivity contribution in [3.05, 3.63) is 22.7 Å². The average Bonchev–Trinajstić information content (AvgIpc) is 2.43. The molecule has 0 bridgehead atoms. The molecule has 0 amide bonds. The average molecular weight is 293 g/mol. The van der Waals surface area contributed by atoms with Gasteiger partial charge in [0.15, 0.2) is 5.82 Å². The van der Waals surface area contributed by atoms with Crippen molar-refractivity contribution in [2.24, 2.45) is 11.8 Å². The maximum atomic E-state index is 12.3. The van der Waals surface area contributed by atoms with Crippen LogP contribution in [0, 0.1) is 11.8 Å². The van der Waals surface area contributed by atoms with Gasteiger partial charge in [-0.3, -0.25) is 9.59 Å². The highest BCUT2D eigenvalue weighted by Gasteiger charge is 2.31. The SMILES string of the molecule is CC(C)Cn1ccnc(NC2CCCCC2C(=O)O)c1=O. The highest BCUT2D eigenvalue weighted by atomic mass is 16.4. The van der Waals surface area contributed by atoms with Gasteiger partial charge in [0.1, 0.15) is 0 Å². The van der Waals surface area contributed by atoms with Crippen molar-refractivity contribution in [2.45, 2.75) is 52.1 Å². The molecule has 1 saturated carbocycles. The molecule has 0 aromatic carbocycles. The van der Waals surface area contributed by atoms with Crippen LogP contribution in [0.4, 0.5) is 5.82 Å². The summed E-state index contributed by atoms with van der Waals surface area (Å²) in [6.07, 6.45) is 6.58. The van der Waals surface area contributed by atoms with Gasteiger partial charge in [-0.05, 0) is 18.8 Å². The first-order valence-corrected chi connectivity index (χ1v) is 7.54. The van der Waals surface area contributed by atoms with Gasteiger partial charge in [-0.1, -0.05) is 26.7 Å². The van der Waals surface area contributed by atoms with Gasteiger partial charge >= 0.3 is 5.97 Å². The summed E-state index contributed by atoms with van der Waals surface area (Å²) in [5.74, 6) is -0.625. The number of nitrogens with one attached hydrogen (secondary N) is 1. The molecule has 0 radical (unpaired) electrons. The first kappa shape index (κ1) is 15.5. The molecule has 116 valence electrons. The van der Waals surface area contributed by atoms with Gasteiger partial charge in [0.05, 0.1) is 5.92 Å². The Morgan fingerprint density at radius 3 is 2.86 bits per heavy atom. The second-order valence-corrected chi connectivity index (χ2v) is 6.11. The summed E-state index contributed by atoms with van der Waals surface area (Å²) in [4.78, 5) is 27.8. The minimum Gasteiger partial charge on any atom is -0.481 e. The number of hydrogen-bond donors (Lipinski definition) is 2. The number of anilines is 1. The Labute approximate surface area is 124 Å². The van der Waals surface area contributed by atoms with Gasteiger partial charge < -0.3 is 15.0 Å². The number of carboxylic acids is 1. The summed E-state index contributed by atoms with van der Waals surface area (Å²) in [5, 5.41) is 12.4. The van der Waals surface area contributed by atoms with Gasteiger partial charge in [-0.15, -0.1) is 0 Å². The first-order valence-electron chi connectivity index (χ1n) is 7.54. The maximum absolute atomic E-state index is 12.3. The van der Waals surface area contributed by atoms with E-state index in [-0.39, 0.29) is 17.4 Å². The van der Waals surface area contributed by atoms with Gasteiger partial charge in [-0.2, -0.15) is 0 Å². The molecular weight excluding hydrogens is 270 g/mol. The van der Waals surface area contributed by atoms with Gasteiger partial charge in [0.25, 0.3) is 5.56 Å². The topological polar surface area (TPSA) is 84.2 Å². The van der Waals surface area contributed by atoms with Crippen LogP contribution in [-0.2, 0) is 11.3 Å². The second kappa shape index (κ2) is 6.74. The second-order valence-electron chi connectivity index (χ2n) is 6.11. The number of aliphatic carboxylic acids is 1. The molecule has 1 aromatic rings. The van der Waals surface area contributed by atoms with Crippen molar-refractivity contribution in [1.29, 1.82) is 0 Å². The Hall–Kier alpha value is -1.85. The zero-order valence-electron chi connectivity index (χ0n) is 12.6. The molecule has 1 heterocycles. The Bertz CT molecular complexity index is 553. The van der Waals surface area contributed by atoms with Crippen LogP contribution in [-0.4, -0.2) is 26.7 Å². The molecule has 0 spiro atoms. The minimum atomic E-state index is -0.800. The molecule has 0 aliphatic heterocycles. The molecule has 2 rings (SSSR count). The van der Waals surface area contributed by atoms with E-state index in [0.717, 1.165) is 19.3 Å². The van der Waals surface area contributed by atoms with E-state index in [4.69, 9.17) is 0 Å². The predicted octanol–water partition coefficient (Wildman–Crippen LogP) is 1.95. The normalized spacial score (nSPS) is 22.2. The molecule has 2 N–H and O–H groups in total. The van der Waals surface area contributed by atoms with Crippen molar-refractivity contribution >= 4 is 11.8 Å². The number of nitrogens with zero attached hydrogens (tertiary/aromatic N) is 2. The number of carboxylic acid groups (broad SMARTS) is 1. The van der Waals surface area contributed by atoms with E-state index in [1.54, 1.807) is 17.0 Å². The molecule has 2 unspecified atom stereocenters. The van der Waals surface area contributed by atoms with E-state index in [1.165, 1.54) is 0 Å². The number of carbonyl (C=O) groups is 1. The molecule has 0 saturated heterocycles. The van der Waals surface area contributed by atoms with E-state index < -0.39 is 11.9 Å². The quantitative estimate of drug-likeness (QED) is 0.867. The smallest absolute Gasteiger partial charge is 0.308 e. The van der Waals surface area contributed by atoms with E-state index in [2.05, 4.69) is 10.3 Å². The molecular formula is C15H23N3O3. The Balaban J connectivity index is 2.18. The van der Waals surface area contributed by atoms with Crippen molar-refractivity contribution in [3.8, 4) is 0 Å². The van der Waals surface area contributed by atoms with Crippen LogP contribution in [0.2, 0.25) is 0 Å². The lowest BCUT2D eigenvalue weighted by Crippen LogP contribution is -2.39. The van der Waals surface area contributed by atoms with Crippen LogP contribution in [0.1, 0.15) is 39.5 Å². The van der Waals surface area contributed by atoms with Crippen LogP contribution < -0.4 is 10.9 Å². The minimum absolute atomic E-state index is 0.180. The van der Waals surface area contributed by atoms with Crippen molar-refractivity contribution in [2.75, 3.05) is 5.32 Å². The van der Waals surface area contributed by atoms with Gasteiger partial charge in [0.2, 0.25) is 0 Å². The third kappa shape index (κ3) is 3.83. The Kier molecular flexibility index (Phi) is 4.98. The molecule has 21 heavy (non-hydrogen) atoms. The first-order chi connectivity index (χ1) is 9.99. The van der Waals surface area contributed by atoms with Crippen LogP contribution in [0.25, 0.3) is 0 Å². The van der Waals surface area contributed by atoms with E-state index in [0.29, 0.717) is 18.9 Å². The molecule has 1 fully saturated rings. The van der Waals surface area contributed by atoms with E-state index in [9.17, 15) is 14.7 Å². The fraction of sp³-hybridized carbons (Fsp3) is 0.667. The number of aromatic nitrogens is 2. The molecule has 1 aliphatic carbocycles. The Morgan fingerprint density at radius 2 is 2.19 bits per heavy atom. The molecule has 1 aromatic heterocycles. The summed E-state index contributed by atoms with van der Waals surface area (Å²) in [6, 6.07) is -0.216. The van der Waals surface area contributed by atoms with Crippen LogP contribution in [0.5, 0.6) is 0 Å². The predicted molar refractivity (Wildman–Crippen MR) is 80.3 cm³/mol. The largest absolute Gasteiger partial charge is 0.481 e. The van der Waals surface area contributed by atoms with Gasteiger partial charge in [0, 0.05) is 25.0 Å². The third-order valence-corrected chi connectivity index (χ3v) is 3.88. The summed E-state index contributed by atoms with van der Waals surface area (Å²) in [7, 11) is 0. The standard InChI is InChI=1S/C15H23N3O3/c1-10(2)9-18-8-7-16-13(14(18)19)17-12-6-4-3-5-11(12)15(20)21/h7-8,10-12H,3-6,9H2,1-2H3,(H,16,17)(H,20,21). The molecule has 6 nitrogen and oxygen atoms in total. The zero-order valence-corrected chi connectivity index (χ0v) is 12.6. The lowest BCUT2D eigenvalue weighted by atomic mass is 9.84. The summed E-state index contributed by atoms with van der Waals surface area (Å²) in [6.45, 7) is 4.71. The summed E-state index contributed by atoms with van der Waals surface area (Å²) < 4.78 is 1.62. The lowest BCUT2D eigenvalue weighted by molar-refractivity contribution is -0.143. The molecule has 1 aliphatic rings. The van der Waals surface area contributed by atoms with Crippen molar-refractivity contribution in [1.82, 2.24) is 9.55 Å². The lowest BCUT2D eigenvalue weighted by Gasteiger charge is -2.29. The van der Waals surface area contributed by atoms with Crippen LogP contribution in [0.3, 0.4) is 0 Å². The highest BCUT2D eigenvalue weighted by molar-refractivity contribution is 5.71. The summed E-state index contributed by atoms with van der Waals surface area (Å²) in [5.41, 5.74) is -0.180. The highest BCUT2D eigenvalue weighted by Crippen LogP contribution is 2.26. The van der Waals surface area contributed by atoms with Crippen LogP contribution in [0.15, 0.2) is 17.2 Å². The van der Waals surface area contributed by atoms with Gasteiger partial charge in [-0.25, -0.2) is 4.98 Å². The number of rotatable bonds is 5. The van der Waals surface area contributed by atoms with Crippen molar-refractivity contribution in [3.63, 3.8) is 0 Å². The van der Waals surface area contributed by atoms with E-state index in [1.807, 2.05) is 13.8 Å². The summed E-state index contributed by atoms with van der Waals surface area (Å²) >= 11 is 0. The fourth-order valence-electron chi connectivity index (χ4n) is 2.86.